The molecule has 3 nitrogen and oxygen atoms in total. The van der Waals surface area contributed by atoms with Gasteiger partial charge in [0.2, 0.25) is 0 Å². The zero-order chi connectivity index (χ0) is 23.4. The van der Waals surface area contributed by atoms with Gasteiger partial charge in [-0.05, 0) is 61.5 Å². The summed E-state index contributed by atoms with van der Waals surface area (Å²) in [6.07, 6.45) is 8.24. The quantitative estimate of drug-likeness (QED) is 0.306. The van der Waals surface area contributed by atoms with Crippen LogP contribution < -0.4 is 4.74 Å². The van der Waals surface area contributed by atoms with E-state index >= 15 is 0 Å². The molecule has 0 bridgehead atoms. The summed E-state index contributed by atoms with van der Waals surface area (Å²) in [5.41, 5.74) is 2.71. The number of hydrogen-bond acceptors (Lipinski definition) is 3. The maximum absolute atomic E-state index is 6.73. The van der Waals surface area contributed by atoms with Crippen molar-refractivity contribution < 1.29 is 13.9 Å². The van der Waals surface area contributed by atoms with Gasteiger partial charge in [0.05, 0.1) is 25.9 Å². The lowest BCUT2D eigenvalue weighted by molar-refractivity contribution is 0.0826. The summed E-state index contributed by atoms with van der Waals surface area (Å²) in [5, 5.41) is 0.228. The van der Waals surface area contributed by atoms with Crippen LogP contribution in [0, 0.1) is 11.3 Å². The van der Waals surface area contributed by atoms with E-state index in [4.69, 9.17) is 13.9 Å². The summed E-state index contributed by atoms with van der Waals surface area (Å²) in [7, 11) is -0.0986. The molecule has 31 heavy (non-hydrogen) atoms. The first kappa shape index (κ1) is 25.9. The fourth-order valence-corrected chi connectivity index (χ4v) is 5.30. The maximum atomic E-state index is 6.73. The Morgan fingerprint density at radius 3 is 2.29 bits per heavy atom. The zero-order valence-corrected chi connectivity index (χ0v) is 22.4. The van der Waals surface area contributed by atoms with E-state index in [0.29, 0.717) is 12.5 Å². The van der Waals surface area contributed by atoms with Crippen molar-refractivity contribution in [2.75, 3.05) is 7.11 Å². The Hall–Kier alpha value is -1.36. The van der Waals surface area contributed by atoms with E-state index in [0.717, 1.165) is 17.7 Å². The van der Waals surface area contributed by atoms with Gasteiger partial charge in [0.25, 0.3) is 0 Å². The van der Waals surface area contributed by atoms with Crippen LogP contribution in [0.5, 0.6) is 5.75 Å². The Labute approximate surface area is 192 Å². The fourth-order valence-electron chi connectivity index (χ4n) is 4.03. The molecule has 0 heterocycles. The van der Waals surface area contributed by atoms with Crippen molar-refractivity contribution >= 4 is 8.32 Å². The average molecular weight is 445 g/mol. The second-order valence-electron chi connectivity index (χ2n) is 11.2. The lowest BCUT2D eigenvalue weighted by atomic mass is 9.68. The molecule has 1 aliphatic carbocycles. The molecule has 0 aromatic heterocycles. The molecular weight excluding hydrogens is 400 g/mol. The Morgan fingerprint density at radius 1 is 1.16 bits per heavy atom. The Morgan fingerprint density at radius 2 is 1.77 bits per heavy atom. The van der Waals surface area contributed by atoms with Crippen molar-refractivity contribution in [3.63, 3.8) is 0 Å². The van der Waals surface area contributed by atoms with Crippen molar-refractivity contribution in [3.05, 3.63) is 53.6 Å². The second-order valence-corrected chi connectivity index (χ2v) is 16.0. The van der Waals surface area contributed by atoms with E-state index < -0.39 is 8.32 Å². The van der Waals surface area contributed by atoms with E-state index in [-0.39, 0.29) is 22.7 Å². The number of benzene rings is 1. The third-order valence-electron chi connectivity index (χ3n) is 7.01. The molecule has 0 saturated carbocycles. The Kier molecular flexibility index (Phi) is 8.40. The van der Waals surface area contributed by atoms with Crippen LogP contribution in [0.4, 0.5) is 0 Å². The van der Waals surface area contributed by atoms with Gasteiger partial charge < -0.3 is 13.9 Å². The van der Waals surface area contributed by atoms with Crippen LogP contribution in [-0.2, 0) is 15.8 Å². The highest BCUT2D eigenvalue weighted by atomic mass is 28.4. The van der Waals surface area contributed by atoms with Gasteiger partial charge in [0.1, 0.15) is 5.75 Å². The zero-order valence-electron chi connectivity index (χ0n) is 21.4. The molecular formula is C27H44O3Si. The number of hydrogen-bond donors (Lipinski definition) is 0. The Bertz CT molecular complexity index is 769. The normalized spacial score (nSPS) is 23.0. The first-order valence-electron chi connectivity index (χ1n) is 11.5. The molecule has 0 N–H and O–H groups in total. The summed E-state index contributed by atoms with van der Waals surface area (Å²) < 4.78 is 18.0. The molecule has 174 valence electrons. The molecule has 1 aromatic rings. The fraction of sp³-hybridized carbons (Fsp3) is 0.630. The number of ether oxygens (including phenoxy) is 2. The summed E-state index contributed by atoms with van der Waals surface area (Å²) >= 11 is 0. The van der Waals surface area contributed by atoms with Gasteiger partial charge in [-0.25, -0.2) is 0 Å². The van der Waals surface area contributed by atoms with Crippen LogP contribution in [0.15, 0.2) is 48.1 Å². The number of allylic oxidation sites excluding steroid dienone is 2. The molecule has 3 atom stereocenters. The highest BCUT2D eigenvalue weighted by Gasteiger charge is 2.42. The minimum absolute atomic E-state index is 0.0620. The third kappa shape index (κ3) is 7.06. The van der Waals surface area contributed by atoms with Crippen LogP contribution in [0.3, 0.4) is 0 Å². The molecule has 0 aliphatic heterocycles. The molecule has 0 unspecified atom stereocenters. The molecule has 4 heteroatoms. The molecule has 0 radical (unpaired) electrons. The lowest BCUT2D eigenvalue weighted by Gasteiger charge is -2.45. The minimum atomic E-state index is -1.78. The van der Waals surface area contributed by atoms with Gasteiger partial charge in [0.15, 0.2) is 8.32 Å². The minimum Gasteiger partial charge on any atom is -0.497 e. The van der Waals surface area contributed by atoms with Crippen molar-refractivity contribution in [3.8, 4) is 5.75 Å². The van der Waals surface area contributed by atoms with Crippen molar-refractivity contribution in [1.82, 2.24) is 0 Å². The standard InChI is InChI=1S/C27H44O3Si/c1-20-17-24(30-31(9,10)26(3,4)5)18-27(6,7)25(20)16-11-21(2)29-19-22-12-14-23(28-8)15-13-22/h11-17,21,24-25H,18-19H2,1-10H3/b16-11+/t21-,24+,25+/m1/s1. The highest BCUT2D eigenvalue weighted by molar-refractivity contribution is 6.74. The average Bonchev–Trinajstić information content (AvgIpc) is 2.64. The van der Waals surface area contributed by atoms with Gasteiger partial charge in [-0.15, -0.1) is 0 Å². The summed E-state index contributed by atoms with van der Waals surface area (Å²) in [6.45, 7) is 21.3. The summed E-state index contributed by atoms with van der Waals surface area (Å²) in [5.74, 6) is 1.27. The lowest BCUT2D eigenvalue weighted by Crippen LogP contribution is -2.46. The monoisotopic (exact) mass is 444 g/mol. The van der Waals surface area contributed by atoms with Crippen LogP contribution in [0.1, 0.15) is 60.5 Å². The summed E-state index contributed by atoms with van der Waals surface area (Å²) in [4.78, 5) is 0. The molecule has 1 aliphatic rings. The second kappa shape index (κ2) is 10.1. The molecule has 0 fully saturated rings. The van der Waals surface area contributed by atoms with E-state index in [9.17, 15) is 0 Å². The van der Waals surface area contributed by atoms with Crippen molar-refractivity contribution in [2.24, 2.45) is 11.3 Å². The van der Waals surface area contributed by atoms with Gasteiger partial charge >= 0.3 is 0 Å². The number of rotatable bonds is 8. The van der Waals surface area contributed by atoms with Gasteiger partial charge in [0, 0.05) is 5.92 Å². The molecule has 1 aromatic carbocycles. The summed E-state index contributed by atoms with van der Waals surface area (Å²) in [6, 6.07) is 8.05. The smallest absolute Gasteiger partial charge is 0.192 e. The van der Waals surface area contributed by atoms with E-state index in [1.807, 2.05) is 12.1 Å². The predicted molar refractivity (Wildman–Crippen MR) is 134 cm³/mol. The van der Waals surface area contributed by atoms with Crippen molar-refractivity contribution in [2.45, 2.75) is 91.8 Å². The molecule has 0 amide bonds. The van der Waals surface area contributed by atoms with E-state index in [2.05, 4.69) is 91.9 Å². The molecule has 0 spiro atoms. The van der Waals surface area contributed by atoms with Crippen LogP contribution in [0.25, 0.3) is 0 Å². The maximum Gasteiger partial charge on any atom is 0.192 e. The SMILES string of the molecule is COc1ccc(CO[C@H](C)/C=C/[C@H]2C(C)=C[C@H](O[Si](C)(C)C(C)(C)C)CC2(C)C)cc1. The highest BCUT2D eigenvalue weighted by Crippen LogP contribution is 2.45. The third-order valence-corrected chi connectivity index (χ3v) is 11.5. The van der Waals surface area contributed by atoms with Gasteiger partial charge in [-0.2, -0.15) is 0 Å². The van der Waals surface area contributed by atoms with Crippen LogP contribution >= 0.6 is 0 Å². The number of methoxy groups -OCH3 is 1. The van der Waals surface area contributed by atoms with Crippen LogP contribution in [0.2, 0.25) is 18.1 Å². The van der Waals surface area contributed by atoms with Crippen LogP contribution in [-0.4, -0.2) is 27.6 Å². The predicted octanol–water partition coefficient (Wildman–Crippen LogP) is 7.54. The van der Waals surface area contributed by atoms with E-state index in [1.165, 1.54) is 5.57 Å². The topological polar surface area (TPSA) is 27.7 Å². The first-order valence-corrected chi connectivity index (χ1v) is 14.4. The molecule has 0 saturated heterocycles. The van der Waals surface area contributed by atoms with Crippen molar-refractivity contribution in [1.29, 1.82) is 0 Å². The largest absolute Gasteiger partial charge is 0.497 e. The molecule has 2 rings (SSSR count). The van der Waals surface area contributed by atoms with Gasteiger partial charge in [-0.1, -0.05) is 70.6 Å². The first-order chi connectivity index (χ1) is 14.2. The van der Waals surface area contributed by atoms with E-state index in [1.54, 1.807) is 7.11 Å². The Balaban J connectivity index is 2.00. The van der Waals surface area contributed by atoms with Gasteiger partial charge in [-0.3, -0.25) is 0 Å².